The minimum Gasteiger partial charge on any atom is -0.323 e. The number of nitrogens with zero attached hydrogens (tertiary/aromatic N) is 2. The zero-order valence-electron chi connectivity index (χ0n) is 18.6. The molecule has 1 aliphatic heterocycles. The van der Waals surface area contributed by atoms with Crippen molar-refractivity contribution in [2.45, 2.75) is 122 Å². The molecule has 0 bridgehead atoms. The lowest BCUT2D eigenvalue weighted by Gasteiger charge is -2.55. The summed E-state index contributed by atoms with van der Waals surface area (Å²) in [6, 6.07) is 8.98. The number of rotatable bonds is 15. The molecular weight excluding hydrogens is 368 g/mol. The van der Waals surface area contributed by atoms with Gasteiger partial charge < -0.3 is 4.23 Å². The molecule has 0 N–H and O–H groups in total. The summed E-state index contributed by atoms with van der Waals surface area (Å²) >= 11 is 1.96. The maximum absolute atomic E-state index is 5.09. The molecule has 0 saturated heterocycles. The second-order valence-electron chi connectivity index (χ2n) is 8.39. The molecular formula is C21H46N2SSi2. The Bertz CT molecular complexity index is 343. The van der Waals surface area contributed by atoms with Gasteiger partial charge in [-0.2, -0.15) is 0 Å². The smallest absolute Gasteiger partial charge is 0.123 e. The average molecular weight is 415 g/mol. The van der Waals surface area contributed by atoms with E-state index in [1.54, 1.807) is 0 Å². The van der Waals surface area contributed by atoms with Crippen LogP contribution >= 0.6 is 11.8 Å². The van der Waals surface area contributed by atoms with Crippen LogP contribution in [0.25, 0.3) is 0 Å². The summed E-state index contributed by atoms with van der Waals surface area (Å²) in [5.74, 6) is 1.22. The topological polar surface area (TPSA) is 15.6 Å². The first kappa shape index (κ1) is 24.5. The highest BCUT2D eigenvalue weighted by molar-refractivity contribution is 8.12. The number of hydrogen-bond acceptors (Lipinski definition) is 3. The molecule has 0 fully saturated rings. The van der Waals surface area contributed by atoms with Gasteiger partial charge in [0.1, 0.15) is 22.6 Å². The Hall–Kier alpha value is 0.414. The Morgan fingerprint density at radius 1 is 0.731 bits per heavy atom. The summed E-state index contributed by atoms with van der Waals surface area (Å²) in [5.41, 5.74) is 2.17. The molecule has 0 aromatic heterocycles. The van der Waals surface area contributed by atoms with Crippen LogP contribution in [0.2, 0.25) is 36.3 Å². The minimum atomic E-state index is -1.47. The van der Waals surface area contributed by atoms with Gasteiger partial charge in [0, 0.05) is 5.75 Å². The van der Waals surface area contributed by atoms with Crippen LogP contribution in [0.4, 0.5) is 0 Å². The van der Waals surface area contributed by atoms with Crippen molar-refractivity contribution < 1.29 is 0 Å². The quantitative estimate of drug-likeness (QED) is 0.255. The minimum absolute atomic E-state index is 0.507. The van der Waals surface area contributed by atoms with Gasteiger partial charge in [0.05, 0.1) is 5.55 Å². The van der Waals surface area contributed by atoms with Crippen molar-refractivity contribution in [2.24, 2.45) is 4.99 Å². The first-order valence-corrected chi connectivity index (χ1v) is 17.7. The Labute approximate surface area is 171 Å². The van der Waals surface area contributed by atoms with Crippen LogP contribution < -0.4 is 0 Å². The van der Waals surface area contributed by atoms with Gasteiger partial charge in [-0.15, -0.1) is 11.8 Å². The third-order valence-electron chi connectivity index (χ3n) is 6.17. The van der Waals surface area contributed by atoms with Crippen LogP contribution in [0.1, 0.15) is 80.1 Å². The summed E-state index contributed by atoms with van der Waals surface area (Å²) in [4.78, 5) is 5.09. The summed E-state index contributed by atoms with van der Waals surface area (Å²) in [6.07, 6.45) is 8.68. The second kappa shape index (κ2) is 12.8. The molecule has 0 aliphatic carbocycles. The van der Waals surface area contributed by atoms with Crippen molar-refractivity contribution in [3.63, 3.8) is 0 Å². The van der Waals surface area contributed by atoms with Crippen molar-refractivity contribution in [3.8, 4) is 0 Å². The fourth-order valence-corrected chi connectivity index (χ4v) is 23.0. The van der Waals surface area contributed by atoms with Crippen molar-refractivity contribution in [1.29, 1.82) is 0 Å². The van der Waals surface area contributed by atoms with Gasteiger partial charge in [0.2, 0.25) is 0 Å². The first-order valence-electron chi connectivity index (χ1n) is 11.5. The standard InChI is InChI=1S/C21H46N2SSi2/c1-7-13-25(14-8-2,15-9-3)23(21-19-24-20-22-21)26(16-10-4,17-11-5)18-12-6/h20-21H,7-19H2,1-6H3. The number of aliphatic imine (C=N–C) groups is 1. The third-order valence-corrected chi connectivity index (χ3v) is 21.0. The zero-order valence-corrected chi connectivity index (χ0v) is 21.5. The fraction of sp³-hybridized carbons (Fsp3) is 0.952. The van der Waals surface area contributed by atoms with Crippen molar-refractivity contribution in [3.05, 3.63) is 0 Å². The highest BCUT2D eigenvalue weighted by Gasteiger charge is 2.51. The molecule has 2 nitrogen and oxygen atoms in total. The Kier molecular flexibility index (Phi) is 12.0. The first-order chi connectivity index (χ1) is 12.6. The van der Waals surface area contributed by atoms with E-state index in [0.717, 1.165) is 0 Å². The van der Waals surface area contributed by atoms with Crippen molar-refractivity contribution in [2.75, 3.05) is 5.75 Å². The normalized spacial score (nSPS) is 18.2. The number of hydrogen-bond donors (Lipinski definition) is 0. The lowest BCUT2D eigenvalue weighted by atomic mass is 10.5. The second-order valence-corrected chi connectivity index (χ2v) is 18.6. The van der Waals surface area contributed by atoms with Gasteiger partial charge in [-0.05, 0) is 36.3 Å². The van der Waals surface area contributed by atoms with Crippen LogP contribution in [0.3, 0.4) is 0 Å². The van der Waals surface area contributed by atoms with Crippen molar-refractivity contribution >= 4 is 33.8 Å². The van der Waals surface area contributed by atoms with Gasteiger partial charge in [0.25, 0.3) is 0 Å². The zero-order chi connectivity index (χ0) is 19.5. The van der Waals surface area contributed by atoms with E-state index in [2.05, 4.69) is 51.3 Å². The van der Waals surface area contributed by atoms with E-state index in [9.17, 15) is 0 Å². The summed E-state index contributed by atoms with van der Waals surface area (Å²) < 4.78 is 3.30. The molecule has 1 unspecified atom stereocenters. The molecule has 0 aromatic rings. The van der Waals surface area contributed by atoms with E-state index < -0.39 is 16.5 Å². The fourth-order valence-electron chi connectivity index (χ4n) is 5.83. The predicted molar refractivity (Wildman–Crippen MR) is 129 cm³/mol. The van der Waals surface area contributed by atoms with Crippen LogP contribution in [0.15, 0.2) is 4.99 Å². The van der Waals surface area contributed by atoms with Crippen molar-refractivity contribution in [1.82, 2.24) is 4.23 Å². The molecule has 1 atom stereocenters. The summed E-state index contributed by atoms with van der Waals surface area (Å²) in [5, 5.41) is 0. The maximum Gasteiger partial charge on any atom is 0.123 e. The maximum atomic E-state index is 5.09. The molecule has 1 heterocycles. The van der Waals surface area contributed by atoms with Crippen LogP contribution in [0, 0.1) is 0 Å². The van der Waals surface area contributed by atoms with E-state index in [-0.39, 0.29) is 0 Å². The van der Waals surface area contributed by atoms with Crippen LogP contribution in [0.5, 0.6) is 0 Å². The molecule has 5 heteroatoms. The molecule has 1 aliphatic rings. The van der Waals surface area contributed by atoms with E-state index in [4.69, 9.17) is 4.99 Å². The van der Waals surface area contributed by atoms with Crippen LogP contribution in [-0.4, -0.2) is 38.2 Å². The van der Waals surface area contributed by atoms with E-state index in [0.29, 0.717) is 6.17 Å². The van der Waals surface area contributed by atoms with Crippen LogP contribution in [-0.2, 0) is 0 Å². The Morgan fingerprint density at radius 2 is 1.08 bits per heavy atom. The summed E-state index contributed by atoms with van der Waals surface area (Å²) in [7, 11) is -2.94. The van der Waals surface area contributed by atoms with Gasteiger partial charge in [-0.1, -0.05) is 80.1 Å². The SMILES string of the molecule is CCC[Si](CCC)(CCC)N(C1CSC=N1)[Si](CCC)(CCC)CCC. The molecule has 0 aromatic carbocycles. The molecule has 0 radical (unpaired) electrons. The Balaban J connectivity index is 3.50. The number of thioether (sulfide) groups is 1. The highest BCUT2D eigenvalue weighted by Crippen LogP contribution is 2.43. The predicted octanol–water partition coefficient (Wildman–Crippen LogP) is 7.74. The molecule has 0 saturated carbocycles. The lowest BCUT2D eigenvalue weighted by Crippen LogP contribution is -2.70. The molecule has 0 amide bonds. The Morgan fingerprint density at radius 3 is 1.31 bits per heavy atom. The average Bonchev–Trinajstić information content (AvgIpc) is 3.10. The van der Waals surface area contributed by atoms with Gasteiger partial charge in [-0.25, -0.2) is 0 Å². The largest absolute Gasteiger partial charge is 0.323 e. The lowest BCUT2D eigenvalue weighted by molar-refractivity contribution is 0.465. The molecule has 0 spiro atoms. The van der Waals surface area contributed by atoms with Gasteiger partial charge >= 0.3 is 0 Å². The molecule has 154 valence electrons. The van der Waals surface area contributed by atoms with E-state index in [1.807, 2.05) is 11.8 Å². The van der Waals surface area contributed by atoms with E-state index in [1.165, 1.54) is 80.5 Å². The molecule has 1 rings (SSSR count). The van der Waals surface area contributed by atoms with E-state index >= 15 is 0 Å². The molecule has 26 heavy (non-hydrogen) atoms. The van der Waals surface area contributed by atoms with Gasteiger partial charge in [0.15, 0.2) is 0 Å². The van der Waals surface area contributed by atoms with Gasteiger partial charge in [-0.3, -0.25) is 4.99 Å². The third kappa shape index (κ3) is 5.95. The highest BCUT2D eigenvalue weighted by atomic mass is 32.2. The summed E-state index contributed by atoms with van der Waals surface area (Å²) in [6.45, 7) is 14.6. The monoisotopic (exact) mass is 414 g/mol.